The van der Waals surface area contributed by atoms with Crippen LogP contribution in [-0.2, 0) is 0 Å². The van der Waals surface area contributed by atoms with Gasteiger partial charge in [0.1, 0.15) is 0 Å². The zero-order chi connectivity index (χ0) is 18.9. The van der Waals surface area contributed by atoms with Crippen LogP contribution < -0.4 is 5.32 Å². The van der Waals surface area contributed by atoms with E-state index in [-0.39, 0.29) is 17.4 Å². The molecule has 3 amide bonds. The molecule has 0 aliphatic carbocycles. The van der Waals surface area contributed by atoms with Crippen LogP contribution in [0.15, 0.2) is 17.5 Å². The van der Waals surface area contributed by atoms with Gasteiger partial charge in [-0.15, -0.1) is 22.7 Å². The van der Waals surface area contributed by atoms with Crippen molar-refractivity contribution in [3.63, 3.8) is 0 Å². The third kappa shape index (κ3) is 4.20. The molecule has 0 saturated carbocycles. The Kier molecular flexibility index (Phi) is 5.58. The molecule has 0 spiro atoms. The molecule has 2 aromatic heterocycles. The summed E-state index contributed by atoms with van der Waals surface area (Å²) in [5, 5.41) is 5.08. The van der Waals surface area contributed by atoms with Crippen LogP contribution in [0.2, 0.25) is 0 Å². The van der Waals surface area contributed by atoms with Crippen LogP contribution >= 0.6 is 22.7 Å². The minimum absolute atomic E-state index is 0.0233. The van der Waals surface area contributed by atoms with Crippen molar-refractivity contribution >= 4 is 44.0 Å². The monoisotopic (exact) mass is 393 g/mol. The van der Waals surface area contributed by atoms with Gasteiger partial charge in [0.15, 0.2) is 0 Å². The molecule has 1 aliphatic heterocycles. The van der Waals surface area contributed by atoms with Crippen molar-refractivity contribution in [2.75, 3.05) is 32.7 Å². The van der Waals surface area contributed by atoms with E-state index in [1.807, 2.05) is 21.2 Å². The number of hydrogen-bond acceptors (Lipinski definition) is 4. The van der Waals surface area contributed by atoms with Gasteiger partial charge in [0, 0.05) is 42.1 Å². The summed E-state index contributed by atoms with van der Waals surface area (Å²) in [4.78, 5) is 29.5. The SMILES string of the molecule is C[C@@H](CNC(=O)N1CCN(C(=O)c2cc3sccc3s2)CC1)C(C)(C)C. The first kappa shape index (κ1) is 19.2. The highest BCUT2D eigenvalue weighted by Gasteiger charge is 2.27. The zero-order valence-corrected chi connectivity index (χ0v) is 17.5. The highest BCUT2D eigenvalue weighted by Crippen LogP contribution is 2.31. The van der Waals surface area contributed by atoms with Gasteiger partial charge in [0.05, 0.1) is 4.88 Å². The molecule has 0 unspecified atom stereocenters. The molecular weight excluding hydrogens is 366 g/mol. The van der Waals surface area contributed by atoms with Crippen LogP contribution in [-0.4, -0.2) is 54.5 Å². The molecule has 2 aromatic rings. The molecule has 3 rings (SSSR count). The van der Waals surface area contributed by atoms with Crippen LogP contribution in [0.25, 0.3) is 9.40 Å². The average molecular weight is 394 g/mol. The van der Waals surface area contributed by atoms with E-state index in [2.05, 4.69) is 39.1 Å². The van der Waals surface area contributed by atoms with E-state index in [9.17, 15) is 9.59 Å². The summed E-state index contributed by atoms with van der Waals surface area (Å²) in [5.74, 6) is 0.488. The lowest BCUT2D eigenvalue weighted by Gasteiger charge is -2.35. The number of carbonyl (C=O) groups excluding carboxylic acids is 2. The molecular formula is C19H27N3O2S2. The van der Waals surface area contributed by atoms with Gasteiger partial charge in [-0.2, -0.15) is 0 Å². The first-order valence-electron chi connectivity index (χ1n) is 9.05. The molecule has 5 nitrogen and oxygen atoms in total. The largest absolute Gasteiger partial charge is 0.338 e. The zero-order valence-electron chi connectivity index (χ0n) is 15.9. The first-order chi connectivity index (χ1) is 12.3. The molecule has 3 heterocycles. The molecule has 142 valence electrons. The molecule has 1 N–H and O–H groups in total. The van der Waals surface area contributed by atoms with Crippen LogP contribution in [0.1, 0.15) is 37.4 Å². The highest BCUT2D eigenvalue weighted by molar-refractivity contribution is 7.27. The number of thiophene rings is 2. The number of carbonyl (C=O) groups is 2. The summed E-state index contributed by atoms with van der Waals surface area (Å²) < 4.78 is 2.34. The van der Waals surface area contributed by atoms with Crippen LogP contribution in [0.4, 0.5) is 4.79 Å². The van der Waals surface area contributed by atoms with Crippen molar-refractivity contribution in [3.05, 3.63) is 22.4 Å². The highest BCUT2D eigenvalue weighted by atomic mass is 32.1. The lowest BCUT2D eigenvalue weighted by atomic mass is 9.82. The number of urea groups is 1. The molecule has 1 atom stereocenters. The number of rotatable bonds is 3. The predicted molar refractivity (Wildman–Crippen MR) is 109 cm³/mol. The maximum absolute atomic E-state index is 12.7. The first-order valence-corrected chi connectivity index (χ1v) is 10.7. The lowest BCUT2D eigenvalue weighted by molar-refractivity contribution is 0.0668. The third-order valence-corrected chi connectivity index (χ3v) is 7.32. The number of fused-ring (bicyclic) bond motifs is 1. The number of piperazine rings is 1. The molecule has 0 aromatic carbocycles. The maximum atomic E-state index is 12.7. The van der Waals surface area contributed by atoms with Crippen molar-refractivity contribution in [2.24, 2.45) is 11.3 Å². The Morgan fingerprint density at radius 3 is 2.42 bits per heavy atom. The van der Waals surface area contributed by atoms with Gasteiger partial charge in [0.2, 0.25) is 0 Å². The van der Waals surface area contributed by atoms with E-state index < -0.39 is 0 Å². The Hall–Kier alpha value is -1.60. The minimum Gasteiger partial charge on any atom is -0.338 e. The van der Waals surface area contributed by atoms with Crippen LogP contribution in [0.3, 0.4) is 0 Å². The molecule has 0 bridgehead atoms. The van der Waals surface area contributed by atoms with Gasteiger partial charge in [-0.1, -0.05) is 27.7 Å². The van der Waals surface area contributed by atoms with Gasteiger partial charge < -0.3 is 15.1 Å². The second kappa shape index (κ2) is 7.56. The number of nitrogens with zero attached hydrogens (tertiary/aromatic N) is 2. The summed E-state index contributed by atoms with van der Waals surface area (Å²) >= 11 is 3.22. The Morgan fingerprint density at radius 2 is 1.81 bits per heavy atom. The second-order valence-electron chi connectivity index (χ2n) is 7.99. The fourth-order valence-electron chi connectivity index (χ4n) is 2.80. The Balaban J connectivity index is 1.49. The lowest BCUT2D eigenvalue weighted by Crippen LogP contribution is -2.53. The summed E-state index contributed by atoms with van der Waals surface area (Å²) in [6.07, 6.45) is 0. The van der Waals surface area contributed by atoms with Gasteiger partial charge in [-0.3, -0.25) is 4.79 Å². The van der Waals surface area contributed by atoms with Crippen LogP contribution in [0, 0.1) is 11.3 Å². The normalized spacial score (nSPS) is 16.8. The van der Waals surface area contributed by atoms with E-state index in [0.29, 0.717) is 38.6 Å². The number of nitrogens with one attached hydrogen (secondary N) is 1. The topological polar surface area (TPSA) is 52.7 Å². The Labute approximate surface area is 163 Å². The summed E-state index contributed by atoms with van der Waals surface area (Å²) in [5.41, 5.74) is 0.173. The quantitative estimate of drug-likeness (QED) is 0.853. The van der Waals surface area contributed by atoms with E-state index in [4.69, 9.17) is 0 Å². The van der Waals surface area contributed by atoms with E-state index in [0.717, 1.165) is 4.88 Å². The maximum Gasteiger partial charge on any atom is 0.317 e. The second-order valence-corrected chi connectivity index (χ2v) is 10.0. The minimum atomic E-state index is -0.0233. The fraction of sp³-hybridized carbons (Fsp3) is 0.579. The summed E-state index contributed by atoms with van der Waals surface area (Å²) in [6.45, 7) is 11.7. The Morgan fingerprint density at radius 1 is 1.15 bits per heavy atom. The van der Waals surface area contributed by atoms with Crippen molar-refractivity contribution < 1.29 is 9.59 Å². The molecule has 1 aliphatic rings. The van der Waals surface area contributed by atoms with Crippen LogP contribution in [0.5, 0.6) is 0 Å². The van der Waals surface area contributed by atoms with E-state index >= 15 is 0 Å². The van der Waals surface area contributed by atoms with Gasteiger partial charge >= 0.3 is 6.03 Å². The summed E-state index contributed by atoms with van der Waals surface area (Å²) in [6, 6.07) is 4.02. The number of hydrogen-bond donors (Lipinski definition) is 1. The standard InChI is InChI=1S/C19H27N3O2S2/c1-13(19(2,3)4)12-20-18(24)22-8-6-21(7-9-22)17(23)16-11-15-14(26-16)5-10-25-15/h5,10-11,13H,6-9,12H2,1-4H3,(H,20,24)/t13-/m0/s1. The molecule has 7 heteroatoms. The smallest absolute Gasteiger partial charge is 0.317 e. The summed E-state index contributed by atoms with van der Waals surface area (Å²) in [7, 11) is 0. The Bertz CT molecular complexity index is 754. The van der Waals surface area contributed by atoms with Gasteiger partial charge in [-0.05, 0) is 28.8 Å². The van der Waals surface area contributed by atoms with Gasteiger partial charge in [0.25, 0.3) is 5.91 Å². The fourth-order valence-corrected chi connectivity index (χ4v) is 4.87. The van der Waals surface area contributed by atoms with E-state index in [1.165, 1.54) is 9.40 Å². The number of amides is 3. The molecule has 1 saturated heterocycles. The van der Waals surface area contributed by atoms with E-state index in [1.54, 1.807) is 22.7 Å². The predicted octanol–water partition coefficient (Wildman–Crippen LogP) is 4.11. The van der Waals surface area contributed by atoms with Gasteiger partial charge in [-0.25, -0.2) is 4.79 Å². The third-order valence-electron chi connectivity index (χ3n) is 5.24. The van der Waals surface area contributed by atoms with Crippen molar-refractivity contribution in [1.29, 1.82) is 0 Å². The van der Waals surface area contributed by atoms with Crippen molar-refractivity contribution in [2.45, 2.75) is 27.7 Å². The van der Waals surface area contributed by atoms with Crippen molar-refractivity contribution in [1.82, 2.24) is 15.1 Å². The molecule has 0 radical (unpaired) electrons. The average Bonchev–Trinajstić information content (AvgIpc) is 3.19. The molecule has 1 fully saturated rings. The van der Waals surface area contributed by atoms with Crippen molar-refractivity contribution in [3.8, 4) is 0 Å². The molecule has 26 heavy (non-hydrogen) atoms.